The molecule has 1 atom stereocenters. The summed E-state index contributed by atoms with van der Waals surface area (Å²) in [4.78, 5) is 2.47. The highest BCUT2D eigenvalue weighted by atomic mass is 16.3. The summed E-state index contributed by atoms with van der Waals surface area (Å²) in [5.41, 5.74) is 0. The van der Waals surface area contributed by atoms with E-state index in [9.17, 15) is 0 Å². The summed E-state index contributed by atoms with van der Waals surface area (Å²) in [6.07, 6.45) is 5.12. The number of rotatable bonds is 10. The normalized spacial score (nSPS) is 13.1. The SMILES string of the molecule is CCCNC(CCN(CC)CC)Cc1ccco1. The van der Waals surface area contributed by atoms with Crippen LogP contribution in [0.4, 0.5) is 0 Å². The van der Waals surface area contributed by atoms with Gasteiger partial charge in [0.05, 0.1) is 6.26 Å². The molecule has 0 spiro atoms. The van der Waals surface area contributed by atoms with Crippen molar-refractivity contribution in [3.05, 3.63) is 24.2 Å². The van der Waals surface area contributed by atoms with Gasteiger partial charge in [0.15, 0.2) is 0 Å². The van der Waals surface area contributed by atoms with E-state index in [-0.39, 0.29) is 0 Å². The Labute approximate surface area is 112 Å². The first-order valence-electron chi connectivity index (χ1n) is 7.28. The quantitative estimate of drug-likeness (QED) is 0.694. The molecule has 1 unspecified atom stereocenters. The molecule has 0 aliphatic carbocycles. The molecule has 104 valence electrons. The summed E-state index contributed by atoms with van der Waals surface area (Å²) in [5.74, 6) is 1.09. The van der Waals surface area contributed by atoms with Gasteiger partial charge in [-0.25, -0.2) is 0 Å². The fraction of sp³-hybridized carbons (Fsp3) is 0.733. The van der Waals surface area contributed by atoms with Crippen LogP contribution in [-0.2, 0) is 6.42 Å². The Bertz CT molecular complexity index is 281. The largest absolute Gasteiger partial charge is 0.469 e. The smallest absolute Gasteiger partial charge is 0.105 e. The number of nitrogens with zero attached hydrogens (tertiary/aromatic N) is 1. The lowest BCUT2D eigenvalue weighted by Crippen LogP contribution is -2.36. The van der Waals surface area contributed by atoms with E-state index in [1.807, 2.05) is 6.07 Å². The van der Waals surface area contributed by atoms with Gasteiger partial charge in [0.2, 0.25) is 0 Å². The summed E-state index contributed by atoms with van der Waals surface area (Å²) in [5, 5.41) is 3.62. The molecule has 0 aliphatic heterocycles. The van der Waals surface area contributed by atoms with Crippen molar-refractivity contribution in [3.8, 4) is 0 Å². The second-order valence-electron chi connectivity index (χ2n) is 4.75. The fourth-order valence-corrected chi connectivity index (χ4v) is 2.17. The van der Waals surface area contributed by atoms with Crippen molar-refractivity contribution in [1.82, 2.24) is 10.2 Å². The molecular formula is C15H28N2O. The van der Waals surface area contributed by atoms with Gasteiger partial charge in [-0.1, -0.05) is 20.8 Å². The van der Waals surface area contributed by atoms with E-state index in [2.05, 4.69) is 37.1 Å². The third-order valence-electron chi connectivity index (χ3n) is 3.40. The lowest BCUT2D eigenvalue weighted by atomic mass is 10.1. The van der Waals surface area contributed by atoms with Gasteiger partial charge in [0, 0.05) is 12.5 Å². The van der Waals surface area contributed by atoms with Crippen LogP contribution < -0.4 is 5.32 Å². The zero-order valence-electron chi connectivity index (χ0n) is 12.1. The van der Waals surface area contributed by atoms with E-state index in [0.717, 1.165) is 38.4 Å². The van der Waals surface area contributed by atoms with Crippen molar-refractivity contribution in [3.63, 3.8) is 0 Å². The molecule has 0 radical (unpaired) electrons. The van der Waals surface area contributed by atoms with E-state index >= 15 is 0 Å². The summed E-state index contributed by atoms with van der Waals surface area (Å²) in [6, 6.07) is 4.56. The van der Waals surface area contributed by atoms with Gasteiger partial charge < -0.3 is 14.6 Å². The highest BCUT2D eigenvalue weighted by Gasteiger charge is 2.11. The standard InChI is InChI=1S/C15H28N2O/c1-4-10-16-14(9-11-17(5-2)6-3)13-15-8-7-12-18-15/h7-8,12,14,16H,4-6,9-11,13H2,1-3H3. The van der Waals surface area contributed by atoms with Crippen molar-refractivity contribution in [2.24, 2.45) is 0 Å². The van der Waals surface area contributed by atoms with Gasteiger partial charge in [-0.2, -0.15) is 0 Å². The van der Waals surface area contributed by atoms with Crippen LogP contribution in [0.2, 0.25) is 0 Å². The third-order valence-corrected chi connectivity index (χ3v) is 3.40. The molecule has 1 rings (SSSR count). The van der Waals surface area contributed by atoms with Crippen molar-refractivity contribution in [1.29, 1.82) is 0 Å². The second kappa shape index (κ2) is 9.17. The van der Waals surface area contributed by atoms with Gasteiger partial charge >= 0.3 is 0 Å². The molecule has 0 bridgehead atoms. The van der Waals surface area contributed by atoms with Crippen LogP contribution in [0.1, 0.15) is 39.4 Å². The van der Waals surface area contributed by atoms with E-state index in [4.69, 9.17) is 4.42 Å². The minimum Gasteiger partial charge on any atom is -0.469 e. The van der Waals surface area contributed by atoms with Crippen LogP contribution >= 0.6 is 0 Å². The minimum atomic E-state index is 0.525. The lowest BCUT2D eigenvalue weighted by molar-refractivity contribution is 0.277. The highest BCUT2D eigenvalue weighted by Crippen LogP contribution is 2.08. The van der Waals surface area contributed by atoms with Crippen LogP contribution in [0.3, 0.4) is 0 Å². The second-order valence-corrected chi connectivity index (χ2v) is 4.75. The van der Waals surface area contributed by atoms with Gasteiger partial charge in [-0.15, -0.1) is 0 Å². The molecule has 18 heavy (non-hydrogen) atoms. The topological polar surface area (TPSA) is 28.4 Å². The van der Waals surface area contributed by atoms with E-state index in [1.54, 1.807) is 6.26 Å². The molecule has 0 aromatic carbocycles. The predicted molar refractivity (Wildman–Crippen MR) is 76.9 cm³/mol. The summed E-state index contributed by atoms with van der Waals surface area (Å²) in [6.45, 7) is 11.2. The van der Waals surface area contributed by atoms with Gasteiger partial charge in [0.1, 0.15) is 5.76 Å². The average Bonchev–Trinajstić information content (AvgIpc) is 2.89. The maximum atomic E-state index is 5.45. The Kier molecular flexibility index (Phi) is 7.78. The molecule has 0 saturated carbocycles. The molecule has 3 heteroatoms. The fourth-order valence-electron chi connectivity index (χ4n) is 2.17. The van der Waals surface area contributed by atoms with Gasteiger partial charge in [-0.3, -0.25) is 0 Å². The molecular weight excluding hydrogens is 224 g/mol. The van der Waals surface area contributed by atoms with Crippen LogP contribution in [0.5, 0.6) is 0 Å². The van der Waals surface area contributed by atoms with Gasteiger partial charge in [-0.05, 0) is 51.2 Å². The first kappa shape index (κ1) is 15.3. The number of furan rings is 1. The number of nitrogens with one attached hydrogen (secondary N) is 1. The lowest BCUT2D eigenvalue weighted by Gasteiger charge is -2.23. The van der Waals surface area contributed by atoms with E-state index in [0.29, 0.717) is 6.04 Å². The average molecular weight is 252 g/mol. The zero-order chi connectivity index (χ0) is 13.2. The molecule has 1 aromatic rings. The molecule has 0 saturated heterocycles. The first-order chi connectivity index (χ1) is 8.80. The monoisotopic (exact) mass is 252 g/mol. The van der Waals surface area contributed by atoms with Crippen molar-refractivity contribution in [2.45, 2.75) is 46.1 Å². The van der Waals surface area contributed by atoms with Crippen molar-refractivity contribution in [2.75, 3.05) is 26.2 Å². The maximum Gasteiger partial charge on any atom is 0.105 e. The van der Waals surface area contributed by atoms with Crippen LogP contribution in [-0.4, -0.2) is 37.1 Å². The van der Waals surface area contributed by atoms with Gasteiger partial charge in [0.25, 0.3) is 0 Å². The maximum absolute atomic E-state index is 5.45. The Balaban J connectivity index is 2.39. The zero-order valence-corrected chi connectivity index (χ0v) is 12.1. The summed E-state index contributed by atoms with van der Waals surface area (Å²) < 4.78 is 5.45. The van der Waals surface area contributed by atoms with Crippen LogP contribution in [0.25, 0.3) is 0 Å². The third kappa shape index (κ3) is 5.69. The minimum absolute atomic E-state index is 0.525. The highest BCUT2D eigenvalue weighted by molar-refractivity contribution is 5.00. The Morgan fingerprint density at radius 1 is 1.28 bits per heavy atom. The molecule has 1 N–H and O–H groups in total. The number of hydrogen-bond donors (Lipinski definition) is 1. The number of hydrogen-bond acceptors (Lipinski definition) is 3. The van der Waals surface area contributed by atoms with E-state index in [1.165, 1.54) is 12.8 Å². The Hall–Kier alpha value is -0.800. The molecule has 0 amide bonds. The molecule has 1 aromatic heterocycles. The van der Waals surface area contributed by atoms with Crippen molar-refractivity contribution < 1.29 is 4.42 Å². The summed E-state index contributed by atoms with van der Waals surface area (Å²) >= 11 is 0. The molecule has 0 fully saturated rings. The molecule has 3 nitrogen and oxygen atoms in total. The Morgan fingerprint density at radius 3 is 2.61 bits per heavy atom. The van der Waals surface area contributed by atoms with Crippen LogP contribution in [0, 0.1) is 0 Å². The first-order valence-corrected chi connectivity index (χ1v) is 7.28. The van der Waals surface area contributed by atoms with Crippen molar-refractivity contribution >= 4 is 0 Å². The molecule has 0 aliphatic rings. The predicted octanol–water partition coefficient (Wildman–Crippen LogP) is 2.92. The molecule has 1 heterocycles. The summed E-state index contributed by atoms with van der Waals surface area (Å²) in [7, 11) is 0. The Morgan fingerprint density at radius 2 is 2.06 bits per heavy atom. The van der Waals surface area contributed by atoms with E-state index < -0.39 is 0 Å². The van der Waals surface area contributed by atoms with Crippen LogP contribution in [0.15, 0.2) is 22.8 Å².